The van der Waals surface area contributed by atoms with Gasteiger partial charge in [-0.25, -0.2) is 4.79 Å². The molecule has 0 heterocycles. The summed E-state index contributed by atoms with van der Waals surface area (Å²) in [5.41, 5.74) is -0.0985. The van der Waals surface area contributed by atoms with Crippen molar-refractivity contribution in [2.75, 3.05) is 6.61 Å². The van der Waals surface area contributed by atoms with Crippen LogP contribution in [-0.2, 0) is 4.74 Å². The lowest BCUT2D eigenvalue weighted by Gasteiger charge is -2.10. The summed E-state index contributed by atoms with van der Waals surface area (Å²) in [4.78, 5) is 11.3. The molecule has 94 valence electrons. The van der Waals surface area contributed by atoms with Gasteiger partial charge in [0, 0.05) is 5.02 Å². The molecule has 0 bridgehead atoms. The summed E-state index contributed by atoms with van der Waals surface area (Å²) < 4.78 is 44.2. The number of rotatable bonds is 3. The minimum absolute atomic E-state index is 0.0465. The second-order valence-electron chi connectivity index (χ2n) is 2.94. The molecule has 1 aromatic rings. The van der Waals surface area contributed by atoms with Gasteiger partial charge in [-0.3, -0.25) is 0 Å². The van der Waals surface area contributed by atoms with Crippen LogP contribution in [0.5, 0.6) is 5.75 Å². The monoisotopic (exact) mass is 268 g/mol. The Morgan fingerprint density at radius 2 is 2.00 bits per heavy atom. The average Bonchev–Trinajstić information content (AvgIpc) is 2.14. The van der Waals surface area contributed by atoms with Gasteiger partial charge < -0.3 is 9.47 Å². The predicted octanol–water partition coefficient (Wildman–Crippen LogP) is 3.42. The van der Waals surface area contributed by atoms with Crippen LogP contribution in [0, 0.1) is 0 Å². The summed E-state index contributed by atoms with van der Waals surface area (Å²) in [5.74, 6) is -1.32. The molecule has 0 unspecified atom stereocenters. The predicted molar refractivity (Wildman–Crippen MR) is 54.1 cm³/mol. The number of benzene rings is 1. The molecule has 0 amide bonds. The van der Waals surface area contributed by atoms with Gasteiger partial charge in [0.05, 0.1) is 12.2 Å². The number of hydrogen-bond donors (Lipinski definition) is 0. The van der Waals surface area contributed by atoms with Crippen LogP contribution in [0.4, 0.5) is 13.2 Å². The van der Waals surface area contributed by atoms with E-state index in [1.807, 2.05) is 0 Å². The molecule has 17 heavy (non-hydrogen) atoms. The first-order valence-corrected chi connectivity index (χ1v) is 4.93. The fraction of sp³-hybridized carbons (Fsp3) is 0.300. The van der Waals surface area contributed by atoms with Gasteiger partial charge in [-0.2, -0.15) is 0 Å². The third-order valence-corrected chi connectivity index (χ3v) is 1.83. The van der Waals surface area contributed by atoms with Crippen molar-refractivity contribution >= 4 is 17.6 Å². The van der Waals surface area contributed by atoms with E-state index in [-0.39, 0.29) is 17.2 Å². The summed E-state index contributed by atoms with van der Waals surface area (Å²) in [6, 6.07) is 3.07. The SMILES string of the molecule is CCOC(=O)c1cc(Cl)cc(OC(F)(F)F)c1. The highest BCUT2D eigenvalue weighted by molar-refractivity contribution is 6.31. The maximum atomic E-state index is 12.0. The number of alkyl halides is 3. The first kappa shape index (κ1) is 13.6. The van der Waals surface area contributed by atoms with E-state index in [0.717, 1.165) is 12.1 Å². The lowest BCUT2D eigenvalue weighted by Crippen LogP contribution is -2.17. The van der Waals surface area contributed by atoms with E-state index < -0.39 is 18.1 Å². The standard InChI is InChI=1S/C10H8ClF3O3/c1-2-16-9(15)6-3-7(11)5-8(4-6)17-10(12,13)14/h3-5H,2H2,1H3. The van der Waals surface area contributed by atoms with Gasteiger partial charge in [0.25, 0.3) is 0 Å². The van der Waals surface area contributed by atoms with E-state index in [4.69, 9.17) is 11.6 Å². The number of hydrogen-bond acceptors (Lipinski definition) is 3. The fourth-order valence-electron chi connectivity index (χ4n) is 1.09. The number of ether oxygens (including phenoxy) is 2. The van der Waals surface area contributed by atoms with Crippen LogP contribution in [-0.4, -0.2) is 18.9 Å². The minimum atomic E-state index is -4.84. The Kier molecular flexibility index (Phi) is 4.22. The molecule has 0 aliphatic heterocycles. The molecule has 0 spiro atoms. The van der Waals surface area contributed by atoms with Crippen LogP contribution >= 0.6 is 11.6 Å². The van der Waals surface area contributed by atoms with Gasteiger partial charge in [-0.15, -0.1) is 13.2 Å². The smallest absolute Gasteiger partial charge is 0.462 e. The summed E-state index contributed by atoms with van der Waals surface area (Å²) in [6.45, 7) is 1.69. The third kappa shape index (κ3) is 4.52. The Morgan fingerprint density at radius 3 is 2.53 bits per heavy atom. The Balaban J connectivity index is 2.98. The van der Waals surface area contributed by atoms with Crippen LogP contribution in [0.3, 0.4) is 0 Å². The van der Waals surface area contributed by atoms with E-state index in [1.54, 1.807) is 6.92 Å². The number of carbonyl (C=O) groups is 1. The van der Waals surface area contributed by atoms with E-state index in [0.29, 0.717) is 0 Å². The summed E-state index contributed by atoms with van der Waals surface area (Å²) in [5, 5.41) is -0.0465. The van der Waals surface area contributed by atoms with Crippen LogP contribution in [0.2, 0.25) is 5.02 Å². The molecule has 0 radical (unpaired) electrons. The molecular formula is C10H8ClF3O3. The zero-order valence-electron chi connectivity index (χ0n) is 8.68. The minimum Gasteiger partial charge on any atom is -0.462 e. The first-order chi connectivity index (χ1) is 7.81. The Labute approximate surface area is 100 Å². The topological polar surface area (TPSA) is 35.5 Å². The van der Waals surface area contributed by atoms with Gasteiger partial charge in [-0.1, -0.05) is 11.6 Å². The highest BCUT2D eigenvalue weighted by atomic mass is 35.5. The van der Waals surface area contributed by atoms with Crippen LogP contribution in [0.1, 0.15) is 17.3 Å². The molecule has 0 aliphatic rings. The van der Waals surface area contributed by atoms with E-state index >= 15 is 0 Å². The lowest BCUT2D eigenvalue weighted by molar-refractivity contribution is -0.274. The molecule has 1 rings (SSSR count). The highest BCUT2D eigenvalue weighted by Crippen LogP contribution is 2.27. The van der Waals surface area contributed by atoms with Crippen LogP contribution < -0.4 is 4.74 Å². The molecule has 0 aliphatic carbocycles. The Morgan fingerprint density at radius 1 is 1.35 bits per heavy atom. The number of esters is 1. The summed E-state index contributed by atoms with van der Waals surface area (Å²) in [7, 11) is 0. The van der Waals surface area contributed by atoms with E-state index in [9.17, 15) is 18.0 Å². The molecule has 1 aromatic carbocycles. The molecule has 0 N–H and O–H groups in total. The second-order valence-corrected chi connectivity index (χ2v) is 3.38. The van der Waals surface area contributed by atoms with Crippen molar-refractivity contribution < 1.29 is 27.4 Å². The van der Waals surface area contributed by atoms with Gasteiger partial charge in [0.15, 0.2) is 0 Å². The zero-order chi connectivity index (χ0) is 13.1. The molecular weight excluding hydrogens is 261 g/mol. The summed E-state index contributed by atoms with van der Waals surface area (Å²) >= 11 is 5.57. The highest BCUT2D eigenvalue weighted by Gasteiger charge is 2.31. The third-order valence-electron chi connectivity index (χ3n) is 1.62. The van der Waals surface area contributed by atoms with Crippen molar-refractivity contribution in [1.29, 1.82) is 0 Å². The van der Waals surface area contributed by atoms with E-state index in [1.165, 1.54) is 6.07 Å². The molecule has 0 aromatic heterocycles. The van der Waals surface area contributed by atoms with Crippen LogP contribution in [0.15, 0.2) is 18.2 Å². The quantitative estimate of drug-likeness (QED) is 0.788. The van der Waals surface area contributed by atoms with Gasteiger partial charge in [-0.05, 0) is 25.1 Å². The van der Waals surface area contributed by atoms with Crippen LogP contribution in [0.25, 0.3) is 0 Å². The van der Waals surface area contributed by atoms with Crippen molar-refractivity contribution in [2.24, 2.45) is 0 Å². The van der Waals surface area contributed by atoms with Gasteiger partial charge in [0.1, 0.15) is 5.75 Å². The van der Waals surface area contributed by atoms with E-state index in [2.05, 4.69) is 9.47 Å². The average molecular weight is 269 g/mol. The fourth-order valence-corrected chi connectivity index (χ4v) is 1.31. The number of carbonyl (C=O) groups excluding carboxylic acids is 1. The Bertz CT molecular complexity index is 418. The molecule has 0 saturated heterocycles. The van der Waals surface area contributed by atoms with Gasteiger partial charge >= 0.3 is 12.3 Å². The van der Waals surface area contributed by atoms with Crippen molar-refractivity contribution in [3.8, 4) is 5.75 Å². The molecule has 0 saturated carbocycles. The summed E-state index contributed by atoms with van der Waals surface area (Å²) in [6.07, 6.45) is -4.84. The van der Waals surface area contributed by atoms with Crippen molar-refractivity contribution in [1.82, 2.24) is 0 Å². The maximum Gasteiger partial charge on any atom is 0.573 e. The molecule has 3 nitrogen and oxygen atoms in total. The van der Waals surface area contributed by atoms with Crippen molar-refractivity contribution in [3.63, 3.8) is 0 Å². The number of halogens is 4. The second kappa shape index (κ2) is 5.27. The largest absolute Gasteiger partial charge is 0.573 e. The van der Waals surface area contributed by atoms with Gasteiger partial charge in [0.2, 0.25) is 0 Å². The van der Waals surface area contributed by atoms with Crippen molar-refractivity contribution in [3.05, 3.63) is 28.8 Å². The first-order valence-electron chi connectivity index (χ1n) is 4.55. The zero-order valence-corrected chi connectivity index (χ0v) is 9.43. The lowest BCUT2D eigenvalue weighted by atomic mass is 10.2. The molecule has 0 fully saturated rings. The van der Waals surface area contributed by atoms with Crippen molar-refractivity contribution in [2.45, 2.75) is 13.3 Å². The molecule has 7 heteroatoms. The normalized spacial score (nSPS) is 11.1. The Hall–Kier alpha value is -1.43. The maximum absolute atomic E-state index is 12.0. The molecule has 0 atom stereocenters.